The van der Waals surface area contributed by atoms with Gasteiger partial charge in [0.15, 0.2) is 0 Å². The Bertz CT molecular complexity index is 654. The number of rotatable bonds is 4. The Morgan fingerprint density at radius 2 is 1.65 bits per heavy atom. The monoisotopic (exact) mass is 360 g/mol. The molecule has 0 atom stereocenters. The maximum Gasteiger partial charge on any atom is 0.253 e. The van der Waals surface area contributed by atoms with Crippen LogP contribution in [0.25, 0.3) is 0 Å². The molecule has 1 fully saturated rings. The predicted octanol–water partition coefficient (Wildman–Crippen LogP) is 3.54. The minimum atomic E-state index is -0.0135. The molecule has 26 heavy (non-hydrogen) atoms. The van der Waals surface area contributed by atoms with Crippen molar-refractivity contribution in [3.63, 3.8) is 0 Å². The van der Waals surface area contributed by atoms with Gasteiger partial charge >= 0.3 is 0 Å². The summed E-state index contributed by atoms with van der Waals surface area (Å²) in [5.41, 5.74) is 1.71. The summed E-state index contributed by atoms with van der Waals surface area (Å²) >= 11 is 0. The van der Waals surface area contributed by atoms with E-state index in [2.05, 4.69) is 34.6 Å². The van der Waals surface area contributed by atoms with Crippen molar-refractivity contribution >= 4 is 11.8 Å². The van der Waals surface area contributed by atoms with Gasteiger partial charge in [0.05, 0.1) is 7.11 Å². The summed E-state index contributed by atoms with van der Waals surface area (Å²) in [6.45, 7) is 12.8. The second-order valence-corrected chi connectivity index (χ2v) is 8.52. The Morgan fingerprint density at radius 3 is 2.15 bits per heavy atom. The van der Waals surface area contributed by atoms with Crippen LogP contribution in [0.1, 0.15) is 62.9 Å². The molecule has 144 valence electrons. The zero-order chi connectivity index (χ0) is 19.5. The van der Waals surface area contributed by atoms with Gasteiger partial charge in [-0.1, -0.05) is 34.6 Å². The molecule has 1 aliphatic heterocycles. The topological polar surface area (TPSA) is 49.9 Å². The number of hydrogen-bond acceptors (Lipinski definition) is 3. The molecule has 0 spiro atoms. The smallest absolute Gasteiger partial charge is 0.253 e. The highest BCUT2D eigenvalue weighted by Crippen LogP contribution is 2.28. The van der Waals surface area contributed by atoms with E-state index in [0.29, 0.717) is 38.2 Å². The molecule has 0 N–H and O–H groups in total. The highest BCUT2D eigenvalue weighted by molar-refractivity contribution is 5.95. The molecule has 1 aromatic carbocycles. The molecule has 0 aromatic heterocycles. The largest absolute Gasteiger partial charge is 0.496 e. The van der Waals surface area contributed by atoms with E-state index in [1.54, 1.807) is 7.11 Å². The number of amides is 2. The first-order valence-corrected chi connectivity index (χ1v) is 9.37. The van der Waals surface area contributed by atoms with E-state index in [4.69, 9.17) is 4.74 Å². The van der Waals surface area contributed by atoms with Gasteiger partial charge < -0.3 is 14.5 Å². The third-order valence-electron chi connectivity index (χ3n) is 4.70. The number of carbonyl (C=O) groups excluding carboxylic acids is 2. The van der Waals surface area contributed by atoms with Crippen LogP contribution >= 0.6 is 0 Å². The van der Waals surface area contributed by atoms with Crippen molar-refractivity contribution in [2.75, 3.05) is 33.3 Å². The maximum absolute atomic E-state index is 12.9. The number of nitrogens with zero attached hydrogens (tertiary/aromatic N) is 2. The third kappa shape index (κ3) is 4.99. The average molecular weight is 360 g/mol. The van der Waals surface area contributed by atoms with E-state index < -0.39 is 0 Å². The van der Waals surface area contributed by atoms with Crippen LogP contribution in [0.15, 0.2) is 18.2 Å². The van der Waals surface area contributed by atoms with E-state index in [-0.39, 0.29) is 23.1 Å². The van der Waals surface area contributed by atoms with Gasteiger partial charge in [0.25, 0.3) is 5.91 Å². The van der Waals surface area contributed by atoms with Crippen molar-refractivity contribution in [3.8, 4) is 5.75 Å². The minimum Gasteiger partial charge on any atom is -0.496 e. The van der Waals surface area contributed by atoms with Gasteiger partial charge in [-0.25, -0.2) is 0 Å². The average Bonchev–Trinajstić information content (AvgIpc) is 2.59. The molecule has 1 saturated heterocycles. The number of carbonyl (C=O) groups is 2. The minimum absolute atomic E-state index is 0.0135. The first kappa shape index (κ1) is 20.3. The number of benzene rings is 1. The molecule has 1 heterocycles. The van der Waals surface area contributed by atoms with Gasteiger partial charge in [0, 0.05) is 38.2 Å². The highest BCUT2D eigenvalue weighted by atomic mass is 16.5. The van der Waals surface area contributed by atoms with Crippen LogP contribution in [0.5, 0.6) is 5.75 Å². The molecular weight excluding hydrogens is 328 g/mol. The van der Waals surface area contributed by atoms with E-state index in [0.717, 1.165) is 11.3 Å². The van der Waals surface area contributed by atoms with Crippen molar-refractivity contribution in [3.05, 3.63) is 29.3 Å². The Labute approximate surface area is 157 Å². The van der Waals surface area contributed by atoms with Gasteiger partial charge in [0.1, 0.15) is 5.75 Å². The van der Waals surface area contributed by atoms with Crippen LogP contribution in [0.4, 0.5) is 0 Å². The van der Waals surface area contributed by atoms with Crippen molar-refractivity contribution in [1.29, 1.82) is 0 Å². The van der Waals surface area contributed by atoms with Crippen molar-refractivity contribution in [1.82, 2.24) is 9.80 Å². The van der Waals surface area contributed by atoms with Crippen LogP contribution in [-0.2, 0) is 4.79 Å². The summed E-state index contributed by atoms with van der Waals surface area (Å²) in [6.07, 6.45) is 0.539. The molecule has 0 bridgehead atoms. The Kier molecular flexibility index (Phi) is 6.32. The molecule has 2 rings (SSSR count). The summed E-state index contributed by atoms with van der Waals surface area (Å²) in [7, 11) is 1.65. The molecule has 2 amide bonds. The first-order valence-electron chi connectivity index (χ1n) is 9.37. The lowest BCUT2D eigenvalue weighted by atomic mass is 9.91. The number of ether oxygens (including phenoxy) is 1. The van der Waals surface area contributed by atoms with E-state index in [1.165, 1.54) is 0 Å². The van der Waals surface area contributed by atoms with Crippen LogP contribution in [-0.4, -0.2) is 54.9 Å². The molecule has 0 aliphatic carbocycles. The second-order valence-electron chi connectivity index (χ2n) is 8.52. The van der Waals surface area contributed by atoms with Crippen LogP contribution in [0.2, 0.25) is 0 Å². The van der Waals surface area contributed by atoms with Crippen molar-refractivity contribution < 1.29 is 14.3 Å². The fourth-order valence-electron chi connectivity index (χ4n) is 3.23. The van der Waals surface area contributed by atoms with E-state index in [9.17, 15) is 9.59 Å². The fraction of sp³-hybridized carbons (Fsp3) is 0.619. The van der Waals surface area contributed by atoms with Gasteiger partial charge in [-0.15, -0.1) is 0 Å². The molecule has 1 aliphatic rings. The SMILES string of the molecule is COc1ccc(C(=O)N2CCN(C(=O)CC(C)(C)C)CC2)cc1C(C)C. The van der Waals surface area contributed by atoms with Gasteiger partial charge in [0.2, 0.25) is 5.91 Å². The van der Waals surface area contributed by atoms with Gasteiger partial charge in [-0.3, -0.25) is 9.59 Å². The maximum atomic E-state index is 12.9. The predicted molar refractivity (Wildman–Crippen MR) is 104 cm³/mol. The fourth-order valence-corrected chi connectivity index (χ4v) is 3.23. The number of methoxy groups -OCH3 is 1. The molecule has 0 radical (unpaired) electrons. The molecule has 1 aromatic rings. The van der Waals surface area contributed by atoms with E-state index >= 15 is 0 Å². The second kappa shape index (κ2) is 8.11. The Hall–Kier alpha value is -2.04. The van der Waals surface area contributed by atoms with Crippen LogP contribution in [0.3, 0.4) is 0 Å². The summed E-state index contributed by atoms with van der Waals surface area (Å²) in [5.74, 6) is 1.30. The zero-order valence-corrected chi connectivity index (χ0v) is 17.0. The first-order chi connectivity index (χ1) is 12.1. The summed E-state index contributed by atoms with van der Waals surface area (Å²) < 4.78 is 5.40. The van der Waals surface area contributed by atoms with Gasteiger partial charge in [-0.2, -0.15) is 0 Å². The number of piperazine rings is 1. The molecular formula is C21H32N2O3. The number of hydrogen-bond donors (Lipinski definition) is 0. The summed E-state index contributed by atoms with van der Waals surface area (Å²) in [5, 5.41) is 0. The van der Waals surface area contributed by atoms with Crippen LogP contribution < -0.4 is 4.74 Å². The highest BCUT2D eigenvalue weighted by Gasteiger charge is 2.27. The molecule has 0 unspecified atom stereocenters. The van der Waals surface area contributed by atoms with Crippen LogP contribution in [0, 0.1) is 5.41 Å². The standard InChI is InChI=1S/C21H32N2O3/c1-15(2)17-13-16(7-8-18(17)26-6)20(25)23-11-9-22(10-12-23)19(24)14-21(3,4)5/h7-8,13,15H,9-12,14H2,1-6H3. The Morgan fingerprint density at radius 1 is 1.08 bits per heavy atom. The zero-order valence-electron chi connectivity index (χ0n) is 17.0. The normalized spacial score (nSPS) is 15.3. The van der Waals surface area contributed by atoms with Crippen molar-refractivity contribution in [2.45, 2.75) is 47.0 Å². The lowest BCUT2D eigenvalue weighted by Gasteiger charge is -2.36. The quantitative estimate of drug-likeness (QED) is 0.825. The summed E-state index contributed by atoms with van der Waals surface area (Å²) in [4.78, 5) is 28.9. The summed E-state index contributed by atoms with van der Waals surface area (Å²) in [6, 6.07) is 5.62. The molecule has 5 nitrogen and oxygen atoms in total. The lowest BCUT2D eigenvalue weighted by Crippen LogP contribution is -2.51. The van der Waals surface area contributed by atoms with Crippen molar-refractivity contribution in [2.24, 2.45) is 5.41 Å². The van der Waals surface area contributed by atoms with E-state index in [1.807, 2.05) is 28.0 Å². The van der Waals surface area contributed by atoms with Gasteiger partial charge in [-0.05, 0) is 35.1 Å². The lowest BCUT2D eigenvalue weighted by molar-refractivity contribution is -0.134. The molecule has 0 saturated carbocycles. The molecule has 5 heteroatoms. The third-order valence-corrected chi connectivity index (χ3v) is 4.70. The Balaban J connectivity index is 2.02.